The Balaban J connectivity index is 1.54. The maximum Gasteiger partial charge on any atom is 0.364 e. The lowest BCUT2D eigenvalue weighted by atomic mass is 9.88. The molecule has 18 atom stereocenters. The lowest BCUT2D eigenvalue weighted by Gasteiger charge is -2.50. The molecule has 3 aliphatic rings. The third-order valence-electron chi connectivity index (χ3n) is 18.6. The normalized spacial score (nSPS) is 28.4. The highest BCUT2D eigenvalue weighted by Crippen LogP contribution is 2.39. The minimum Gasteiger partial charge on any atom is -0.477 e. The van der Waals surface area contributed by atoms with Crippen LogP contribution in [-0.4, -0.2) is 215 Å². The van der Waals surface area contributed by atoms with Gasteiger partial charge in [0, 0.05) is 19.8 Å². The van der Waals surface area contributed by atoms with E-state index >= 15 is 0 Å². The third kappa shape index (κ3) is 31.7. The molecular weight excluding hydrogens is 1180 g/mol. The van der Waals surface area contributed by atoms with Crippen LogP contribution in [0.5, 0.6) is 0 Å². The van der Waals surface area contributed by atoms with Crippen molar-refractivity contribution in [2.45, 2.75) is 387 Å². The smallest absolute Gasteiger partial charge is 0.364 e. The number of aliphatic hydroxyl groups is 11. The number of carboxylic acids is 1. The number of amides is 2. The van der Waals surface area contributed by atoms with Crippen molar-refractivity contribution in [2.75, 3.05) is 26.4 Å². The van der Waals surface area contributed by atoms with E-state index in [0.29, 0.717) is 19.3 Å². The number of aliphatic hydroxyl groups excluding tert-OH is 11. The van der Waals surface area contributed by atoms with Gasteiger partial charge in [-0.2, -0.15) is 0 Å². The number of carbonyl (C=O) groups is 3. The number of unbranched alkanes of at least 4 members (excludes halogenated alkanes) is 35. The van der Waals surface area contributed by atoms with Crippen molar-refractivity contribution in [3.05, 3.63) is 0 Å². The van der Waals surface area contributed by atoms with Crippen molar-refractivity contribution < 1.29 is 104 Å². The average molecular weight is 1310 g/mol. The standard InChI is InChI=1S/C68H128N2O21/c1-4-6-8-10-12-14-16-18-19-20-21-22-23-24-25-26-27-28-30-32-34-36-38-40-42-55(78)70-49(50(75)41-39-37-35-33-31-29-17-15-13-11-9-7-5-2)47-86-65-60(82)59(81)62(54(46-73)88-65)89-66-61(83)64(58(80)53(45-72)87-66)91-68(67(84)85)43-51(76)56(69-48(3)74)63(90-68)57(79)52(77)44-71/h49-54,56-66,71-73,75-77,79-83H,4-47H2,1-3H3,(H,69,74)(H,70,78)(H,84,85). The van der Waals surface area contributed by atoms with Crippen LogP contribution in [0.15, 0.2) is 0 Å². The number of rotatable bonds is 55. The topological polar surface area (TPSA) is 373 Å². The summed E-state index contributed by atoms with van der Waals surface area (Å²) in [6, 6.07) is -2.52. The fourth-order valence-electron chi connectivity index (χ4n) is 12.8. The number of aliphatic carboxylic acids is 1. The molecule has 23 nitrogen and oxygen atoms in total. The average Bonchev–Trinajstić information content (AvgIpc) is 0.787. The first kappa shape index (κ1) is 83.0. The molecule has 0 aliphatic carbocycles. The van der Waals surface area contributed by atoms with Gasteiger partial charge >= 0.3 is 5.97 Å². The molecule has 3 fully saturated rings. The highest BCUT2D eigenvalue weighted by Gasteiger charge is 2.60. The number of carboxylic acid groups (broad SMARTS) is 1. The number of ether oxygens (including phenoxy) is 6. The summed E-state index contributed by atoms with van der Waals surface area (Å²) in [5.74, 6) is -6.09. The van der Waals surface area contributed by atoms with Gasteiger partial charge < -0.3 is 100 Å². The van der Waals surface area contributed by atoms with Gasteiger partial charge in [0.15, 0.2) is 12.6 Å². The lowest BCUT2D eigenvalue weighted by Crippen LogP contribution is -2.70. The summed E-state index contributed by atoms with van der Waals surface area (Å²) in [6.07, 6.45) is 16.9. The van der Waals surface area contributed by atoms with Gasteiger partial charge in [-0.05, 0) is 12.8 Å². The van der Waals surface area contributed by atoms with Crippen molar-refractivity contribution in [3.8, 4) is 0 Å². The molecule has 3 heterocycles. The lowest BCUT2D eigenvalue weighted by molar-refractivity contribution is -0.386. The third-order valence-corrected chi connectivity index (χ3v) is 18.6. The van der Waals surface area contributed by atoms with Crippen LogP contribution in [0.2, 0.25) is 0 Å². The van der Waals surface area contributed by atoms with E-state index in [1.165, 1.54) is 180 Å². The number of hydrogen-bond donors (Lipinski definition) is 14. The minimum absolute atomic E-state index is 0.229. The van der Waals surface area contributed by atoms with Crippen molar-refractivity contribution in [1.29, 1.82) is 0 Å². The summed E-state index contributed by atoms with van der Waals surface area (Å²) in [5.41, 5.74) is 0. The van der Waals surface area contributed by atoms with Crippen molar-refractivity contribution in [2.24, 2.45) is 0 Å². The van der Waals surface area contributed by atoms with Crippen LogP contribution >= 0.6 is 0 Å². The van der Waals surface area contributed by atoms with Gasteiger partial charge in [-0.15, -0.1) is 0 Å². The molecule has 3 saturated heterocycles. The predicted molar refractivity (Wildman–Crippen MR) is 343 cm³/mol. The van der Waals surface area contributed by atoms with Gasteiger partial charge in [-0.3, -0.25) is 9.59 Å². The molecule has 2 amide bonds. The summed E-state index contributed by atoms with van der Waals surface area (Å²) in [6.45, 7) is 2.22. The molecule has 0 radical (unpaired) electrons. The van der Waals surface area contributed by atoms with Crippen LogP contribution < -0.4 is 10.6 Å². The van der Waals surface area contributed by atoms with Crippen molar-refractivity contribution in [1.82, 2.24) is 10.6 Å². The molecule has 18 unspecified atom stereocenters. The second-order valence-electron chi connectivity index (χ2n) is 26.5. The van der Waals surface area contributed by atoms with Gasteiger partial charge in [-0.1, -0.05) is 245 Å². The SMILES string of the molecule is CCCCCCCCCCCCCCCCCCCCCCCCCCC(=O)NC(COC1OC(CO)C(OC2OC(CO)C(O)C(OC3(C(=O)O)CC(O)C(NC(C)=O)C(C(O)C(O)CO)O3)C2O)C(O)C1O)C(O)CCCCCCCCCCCCCCC. The Bertz CT molecular complexity index is 1850. The Hall–Kier alpha value is -2.27. The fraction of sp³-hybridized carbons (Fsp3) is 0.956. The van der Waals surface area contributed by atoms with Crippen LogP contribution in [0.4, 0.5) is 0 Å². The van der Waals surface area contributed by atoms with E-state index < -0.39 is 148 Å². The first-order valence-corrected chi connectivity index (χ1v) is 35.9. The minimum atomic E-state index is -3.08. The maximum atomic E-state index is 13.5. The molecule has 3 aliphatic heterocycles. The largest absolute Gasteiger partial charge is 0.477 e. The van der Waals surface area contributed by atoms with E-state index in [9.17, 15) is 75.7 Å². The van der Waals surface area contributed by atoms with Crippen LogP contribution in [-0.2, 0) is 42.8 Å². The molecule has 3 rings (SSSR count). The zero-order chi connectivity index (χ0) is 66.8. The Morgan fingerprint density at radius 1 is 0.527 bits per heavy atom. The van der Waals surface area contributed by atoms with Crippen LogP contribution in [0.25, 0.3) is 0 Å². The van der Waals surface area contributed by atoms with Gasteiger partial charge in [0.2, 0.25) is 11.8 Å². The maximum absolute atomic E-state index is 13.5. The molecule has 0 saturated carbocycles. The Labute approximate surface area is 544 Å². The molecule has 0 bridgehead atoms. The second kappa shape index (κ2) is 49.3. The van der Waals surface area contributed by atoms with Gasteiger partial charge in [0.1, 0.15) is 67.1 Å². The highest BCUT2D eigenvalue weighted by molar-refractivity contribution is 5.77. The second-order valence-corrected chi connectivity index (χ2v) is 26.5. The molecule has 23 heteroatoms. The Kier molecular flexibility index (Phi) is 44.9. The molecule has 0 aromatic heterocycles. The number of nitrogens with one attached hydrogen (secondary N) is 2. The van der Waals surface area contributed by atoms with Crippen molar-refractivity contribution in [3.63, 3.8) is 0 Å². The summed E-state index contributed by atoms with van der Waals surface area (Å²) < 4.78 is 34.9. The molecule has 0 spiro atoms. The predicted octanol–water partition coefficient (Wildman–Crippen LogP) is 6.90. The molecule has 0 aromatic rings. The van der Waals surface area contributed by atoms with E-state index in [1.54, 1.807) is 0 Å². The Morgan fingerprint density at radius 3 is 1.37 bits per heavy atom. The summed E-state index contributed by atoms with van der Waals surface area (Å²) >= 11 is 0. The number of hydrogen-bond acceptors (Lipinski definition) is 20. The zero-order valence-electron chi connectivity index (χ0n) is 56.0. The van der Waals surface area contributed by atoms with Crippen LogP contribution in [0.1, 0.15) is 278 Å². The summed E-state index contributed by atoms with van der Waals surface area (Å²) in [5, 5.41) is 136. The molecule has 0 aromatic carbocycles. The van der Waals surface area contributed by atoms with E-state index in [2.05, 4.69) is 24.5 Å². The van der Waals surface area contributed by atoms with Gasteiger partial charge in [0.05, 0.1) is 50.7 Å². The Morgan fingerprint density at radius 2 is 0.956 bits per heavy atom. The van der Waals surface area contributed by atoms with Crippen molar-refractivity contribution >= 4 is 17.8 Å². The summed E-state index contributed by atoms with van der Waals surface area (Å²) in [4.78, 5) is 38.6. The molecular formula is C68H128N2O21. The summed E-state index contributed by atoms with van der Waals surface area (Å²) in [7, 11) is 0. The fourth-order valence-corrected chi connectivity index (χ4v) is 12.8. The first-order chi connectivity index (χ1) is 43.9. The van der Waals surface area contributed by atoms with Crippen LogP contribution in [0, 0.1) is 0 Å². The van der Waals surface area contributed by atoms with E-state index in [-0.39, 0.29) is 18.9 Å². The monoisotopic (exact) mass is 1310 g/mol. The highest BCUT2D eigenvalue weighted by atomic mass is 16.8. The zero-order valence-corrected chi connectivity index (χ0v) is 56.0. The molecule has 536 valence electrons. The van der Waals surface area contributed by atoms with E-state index in [0.717, 1.165) is 51.9 Å². The molecule has 14 N–H and O–H groups in total. The van der Waals surface area contributed by atoms with Gasteiger partial charge in [0.25, 0.3) is 5.79 Å². The van der Waals surface area contributed by atoms with Gasteiger partial charge in [-0.25, -0.2) is 4.79 Å². The number of carbonyl (C=O) groups excluding carboxylic acids is 2. The van der Waals surface area contributed by atoms with E-state index in [4.69, 9.17) is 28.4 Å². The molecule has 91 heavy (non-hydrogen) atoms. The van der Waals surface area contributed by atoms with Crippen LogP contribution in [0.3, 0.4) is 0 Å². The van der Waals surface area contributed by atoms with E-state index in [1.807, 2.05) is 0 Å². The first-order valence-electron chi connectivity index (χ1n) is 35.9. The quantitative estimate of drug-likeness (QED) is 0.0275.